The molecule has 0 aromatic heterocycles. The average molecular weight is 310 g/mol. The van der Waals surface area contributed by atoms with Crippen molar-refractivity contribution in [1.82, 2.24) is 0 Å². The third-order valence-electron chi connectivity index (χ3n) is 2.46. The van der Waals surface area contributed by atoms with E-state index in [-0.39, 0.29) is 18.7 Å². The van der Waals surface area contributed by atoms with Gasteiger partial charge in [-0.3, -0.25) is 10.1 Å². The molecule has 0 atom stereocenters. The summed E-state index contributed by atoms with van der Waals surface area (Å²) in [6.07, 6.45) is -5.81. The van der Waals surface area contributed by atoms with Crippen molar-refractivity contribution in [2.45, 2.75) is 19.0 Å². The molecule has 0 bridgehead atoms. The number of nitro benzene ring substituents is 1. The molecule has 21 heavy (non-hydrogen) atoms. The van der Waals surface area contributed by atoms with Gasteiger partial charge < -0.3 is 10.4 Å². The van der Waals surface area contributed by atoms with Crippen LogP contribution >= 0.6 is 0 Å². The fourth-order valence-corrected chi connectivity index (χ4v) is 1.53. The summed E-state index contributed by atoms with van der Waals surface area (Å²) in [5.74, 6) is -2.90. The Bertz CT molecular complexity index is 560. The van der Waals surface area contributed by atoms with Crippen molar-refractivity contribution < 1.29 is 32.4 Å². The topological polar surface area (TPSA) is 92.5 Å². The highest BCUT2D eigenvalue weighted by molar-refractivity contribution is 5.90. The summed E-state index contributed by atoms with van der Waals surface area (Å²) in [4.78, 5) is 20.5. The fraction of sp³-hybridized carbons (Fsp3) is 0.364. The number of halogens is 4. The van der Waals surface area contributed by atoms with E-state index in [1.807, 2.05) is 0 Å². The molecule has 2 N–H and O–H groups in total. The number of rotatable bonds is 6. The van der Waals surface area contributed by atoms with Gasteiger partial charge in [-0.2, -0.15) is 13.2 Å². The first-order valence-corrected chi connectivity index (χ1v) is 5.63. The molecule has 0 aliphatic rings. The zero-order valence-electron chi connectivity index (χ0n) is 10.4. The zero-order chi connectivity index (χ0) is 16.2. The summed E-state index contributed by atoms with van der Waals surface area (Å²) >= 11 is 0. The van der Waals surface area contributed by atoms with Gasteiger partial charge in [-0.05, 0) is 6.42 Å². The molecular weight excluding hydrogens is 300 g/mol. The van der Waals surface area contributed by atoms with Crippen molar-refractivity contribution in [2.24, 2.45) is 0 Å². The molecule has 10 heteroatoms. The number of aromatic carboxylic acids is 1. The van der Waals surface area contributed by atoms with Crippen LogP contribution in [0, 0.1) is 15.9 Å². The summed E-state index contributed by atoms with van der Waals surface area (Å²) in [7, 11) is 0. The monoisotopic (exact) mass is 310 g/mol. The van der Waals surface area contributed by atoms with Gasteiger partial charge in [0.25, 0.3) is 5.69 Å². The lowest BCUT2D eigenvalue weighted by atomic mass is 10.1. The molecule has 1 rings (SSSR count). The molecule has 0 heterocycles. The molecule has 1 aromatic carbocycles. The molecule has 0 saturated heterocycles. The second-order valence-corrected chi connectivity index (χ2v) is 4.06. The number of carbonyl (C=O) groups is 1. The summed E-state index contributed by atoms with van der Waals surface area (Å²) in [5.41, 5.74) is -1.98. The van der Waals surface area contributed by atoms with E-state index in [0.29, 0.717) is 12.1 Å². The van der Waals surface area contributed by atoms with Crippen molar-refractivity contribution in [1.29, 1.82) is 0 Å². The van der Waals surface area contributed by atoms with Crippen molar-refractivity contribution in [2.75, 3.05) is 11.9 Å². The van der Waals surface area contributed by atoms with Crippen LogP contribution in [0.15, 0.2) is 12.1 Å². The number of nitrogens with zero attached hydrogens (tertiary/aromatic N) is 1. The summed E-state index contributed by atoms with van der Waals surface area (Å²) in [6.45, 7) is -0.272. The first-order valence-electron chi connectivity index (χ1n) is 5.63. The van der Waals surface area contributed by atoms with E-state index in [1.54, 1.807) is 0 Å². The third kappa shape index (κ3) is 4.89. The zero-order valence-corrected chi connectivity index (χ0v) is 10.4. The van der Waals surface area contributed by atoms with E-state index in [1.165, 1.54) is 0 Å². The van der Waals surface area contributed by atoms with Gasteiger partial charge in [-0.15, -0.1) is 0 Å². The van der Waals surface area contributed by atoms with Crippen LogP contribution in [0.25, 0.3) is 0 Å². The van der Waals surface area contributed by atoms with Crippen LogP contribution in [0.4, 0.5) is 28.9 Å². The summed E-state index contributed by atoms with van der Waals surface area (Å²) < 4.78 is 49.2. The Hall–Kier alpha value is -2.39. The highest BCUT2D eigenvalue weighted by Crippen LogP contribution is 2.28. The fourth-order valence-electron chi connectivity index (χ4n) is 1.53. The molecular formula is C11H10F4N2O4. The van der Waals surface area contributed by atoms with Crippen LogP contribution in [-0.2, 0) is 0 Å². The Kier molecular flexibility index (Phi) is 5.06. The van der Waals surface area contributed by atoms with Crippen LogP contribution in [0.5, 0.6) is 0 Å². The number of carboxylic acids is 1. The van der Waals surface area contributed by atoms with E-state index in [4.69, 9.17) is 5.11 Å². The SMILES string of the molecule is O=C(O)c1cc([N+](=O)[O-])c(NCCCC(F)(F)F)cc1F. The maximum absolute atomic E-state index is 13.4. The number of benzene rings is 1. The Morgan fingerprint density at radius 3 is 2.48 bits per heavy atom. The minimum Gasteiger partial charge on any atom is -0.478 e. The Balaban J connectivity index is 2.89. The number of carboxylic acid groups (broad SMARTS) is 1. The molecule has 6 nitrogen and oxygen atoms in total. The third-order valence-corrected chi connectivity index (χ3v) is 2.46. The van der Waals surface area contributed by atoms with Gasteiger partial charge in [0, 0.05) is 25.1 Å². The van der Waals surface area contributed by atoms with Crippen LogP contribution in [0.2, 0.25) is 0 Å². The quantitative estimate of drug-likeness (QED) is 0.364. The first kappa shape index (κ1) is 16.7. The lowest BCUT2D eigenvalue weighted by Gasteiger charge is -2.09. The van der Waals surface area contributed by atoms with Crippen LogP contribution in [-0.4, -0.2) is 28.7 Å². The maximum Gasteiger partial charge on any atom is 0.389 e. The van der Waals surface area contributed by atoms with Crippen molar-refractivity contribution in [3.63, 3.8) is 0 Å². The predicted molar refractivity (Wildman–Crippen MR) is 63.8 cm³/mol. The second kappa shape index (κ2) is 6.37. The number of nitrogens with one attached hydrogen (secondary N) is 1. The smallest absolute Gasteiger partial charge is 0.389 e. The normalized spacial score (nSPS) is 11.2. The van der Waals surface area contributed by atoms with Gasteiger partial charge in [0.2, 0.25) is 0 Å². The summed E-state index contributed by atoms with van der Waals surface area (Å²) in [5, 5.41) is 21.7. The number of hydrogen-bond donors (Lipinski definition) is 2. The molecule has 1 aromatic rings. The van der Waals surface area contributed by atoms with Crippen LogP contribution < -0.4 is 5.32 Å². The average Bonchev–Trinajstić information content (AvgIpc) is 2.32. The second-order valence-electron chi connectivity index (χ2n) is 4.06. The van der Waals surface area contributed by atoms with Crippen molar-refractivity contribution in [3.05, 3.63) is 33.6 Å². The van der Waals surface area contributed by atoms with E-state index < -0.39 is 40.6 Å². The molecule has 0 aliphatic carbocycles. The molecule has 116 valence electrons. The minimum absolute atomic E-state index is 0.272. The lowest BCUT2D eigenvalue weighted by molar-refractivity contribution is -0.384. The Morgan fingerprint density at radius 1 is 1.38 bits per heavy atom. The van der Waals surface area contributed by atoms with Crippen LogP contribution in [0.3, 0.4) is 0 Å². The number of nitro groups is 1. The van der Waals surface area contributed by atoms with E-state index >= 15 is 0 Å². The van der Waals surface area contributed by atoms with E-state index in [0.717, 1.165) is 0 Å². The molecule has 0 aliphatic heterocycles. The van der Waals surface area contributed by atoms with Crippen molar-refractivity contribution >= 4 is 17.3 Å². The van der Waals surface area contributed by atoms with E-state index in [9.17, 15) is 32.5 Å². The van der Waals surface area contributed by atoms with Crippen molar-refractivity contribution in [3.8, 4) is 0 Å². The lowest BCUT2D eigenvalue weighted by Crippen LogP contribution is -2.12. The minimum atomic E-state index is -4.36. The highest BCUT2D eigenvalue weighted by Gasteiger charge is 2.26. The Morgan fingerprint density at radius 2 is 2.00 bits per heavy atom. The van der Waals surface area contributed by atoms with Crippen LogP contribution in [0.1, 0.15) is 23.2 Å². The van der Waals surface area contributed by atoms with Gasteiger partial charge in [-0.25, -0.2) is 9.18 Å². The predicted octanol–water partition coefficient (Wildman–Crippen LogP) is 3.19. The highest BCUT2D eigenvalue weighted by atomic mass is 19.4. The standard InChI is InChI=1S/C11H10F4N2O4/c12-7-5-8(16-3-1-2-11(13,14)15)9(17(20)21)4-6(7)10(18)19/h4-5,16H,1-3H2,(H,18,19). The van der Waals surface area contributed by atoms with Gasteiger partial charge >= 0.3 is 12.1 Å². The molecule has 0 unspecified atom stereocenters. The van der Waals surface area contributed by atoms with Gasteiger partial charge in [0.15, 0.2) is 0 Å². The summed E-state index contributed by atoms with van der Waals surface area (Å²) in [6, 6.07) is 1.10. The van der Waals surface area contributed by atoms with E-state index in [2.05, 4.69) is 5.32 Å². The van der Waals surface area contributed by atoms with Gasteiger partial charge in [0.1, 0.15) is 17.1 Å². The largest absolute Gasteiger partial charge is 0.478 e. The molecule has 0 fully saturated rings. The molecule has 0 saturated carbocycles. The number of anilines is 1. The maximum atomic E-state index is 13.4. The molecule has 0 radical (unpaired) electrons. The Labute approximate surface area is 115 Å². The number of hydrogen-bond acceptors (Lipinski definition) is 4. The molecule has 0 amide bonds. The van der Waals surface area contributed by atoms with Gasteiger partial charge in [-0.1, -0.05) is 0 Å². The number of alkyl halides is 3. The molecule has 0 spiro atoms. The first-order chi connectivity index (χ1) is 9.61. The van der Waals surface area contributed by atoms with Gasteiger partial charge in [0.05, 0.1) is 4.92 Å².